The number of aryl methyl sites for hydroxylation is 1. The Hall–Kier alpha value is -3.80. The van der Waals surface area contributed by atoms with E-state index in [1.165, 1.54) is 34.9 Å². The highest BCUT2D eigenvalue weighted by Crippen LogP contribution is 2.22. The van der Waals surface area contributed by atoms with Crippen LogP contribution in [0.15, 0.2) is 29.6 Å². The molecule has 0 bridgehead atoms. The van der Waals surface area contributed by atoms with Gasteiger partial charge in [0.05, 0.1) is 5.56 Å². The summed E-state index contributed by atoms with van der Waals surface area (Å²) in [6.45, 7) is 0. The Kier molecular flexibility index (Phi) is 8.41. The van der Waals surface area contributed by atoms with Crippen LogP contribution in [-0.2, 0) is 20.8 Å². The highest BCUT2D eigenvalue weighted by Gasteiger charge is 2.21. The van der Waals surface area contributed by atoms with Crippen LogP contribution >= 0.6 is 11.3 Å². The number of amidine groups is 1. The SMILES string of the molecule is N=C(N)c1ccc(OC(=O)c2csc(CCC(=O)N[C@@H](CCC(=O)O)C(=O)O)c2)c(F)c1. The molecule has 0 radical (unpaired) electrons. The lowest BCUT2D eigenvalue weighted by molar-refractivity contribution is -0.143. The van der Waals surface area contributed by atoms with Gasteiger partial charge in [-0.15, -0.1) is 11.3 Å². The molecule has 6 N–H and O–H groups in total. The topological polar surface area (TPSA) is 180 Å². The number of benzene rings is 1. The summed E-state index contributed by atoms with van der Waals surface area (Å²) < 4.78 is 19.0. The summed E-state index contributed by atoms with van der Waals surface area (Å²) >= 11 is 1.17. The lowest BCUT2D eigenvalue weighted by Gasteiger charge is -2.13. The van der Waals surface area contributed by atoms with E-state index in [-0.39, 0.29) is 42.0 Å². The van der Waals surface area contributed by atoms with E-state index in [1.807, 2.05) is 0 Å². The van der Waals surface area contributed by atoms with Gasteiger partial charge in [-0.1, -0.05) is 0 Å². The van der Waals surface area contributed by atoms with E-state index in [9.17, 15) is 23.6 Å². The van der Waals surface area contributed by atoms with Gasteiger partial charge in [0.1, 0.15) is 11.9 Å². The van der Waals surface area contributed by atoms with E-state index in [0.29, 0.717) is 4.88 Å². The first-order chi connectivity index (χ1) is 15.1. The lowest BCUT2D eigenvalue weighted by Crippen LogP contribution is -2.41. The van der Waals surface area contributed by atoms with Gasteiger partial charge in [0.2, 0.25) is 5.91 Å². The van der Waals surface area contributed by atoms with Crippen LogP contribution in [0.3, 0.4) is 0 Å². The molecule has 1 aromatic carbocycles. The highest BCUT2D eigenvalue weighted by atomic mass is 32.1. The van der Waals surface area contributed by atoms with Gasteiger partial charge in [0, 0.05) is 28.7 Å². The molecule has 2 aromatic rings. The van der Waals surface area contributed by atoms with Crippen LogP contribution in [0.5, 0.6) is 5.75 Å². The molecule has 32 heavy (non-hydrogen) atoms. The van der Waals surface area contributed by atoms with Gasteiger partial charge in [0.15, 0.2) is 11.6 Å². The van der Waals surface area contributed by atoms with Crippen molar-refractivity contribution in [3.8, 4) is 5.75 Å². The van der Waals surface area contributed by atoms with Crippen LogP contribution in [0.2, 0.25) is 0 Å². The summed E-state index contributed by atoms with van der Waals surface area (Å²) in [5, 5.41) is 28.7. The van der Waals surface area contributed by atoms with Crippen molar-refractivity contribution in [1.82, 2.24) is 5.32 Å². The fourth-order valence-corrected chi connectivity index (χ4v) is 3.41. The third kappa shape index (κ3) is 7.16. The van der Waals surface area contributed by atoms with Crippen LogP contribution in [-0.4, -0.2) is 45.9 Å². The summed E-state index contributed by atoms with van der Waals surface area (Å²) in [4.78, 5) is 46.6. The molecule has 0 aliphatic heterocycles. The molecule has 0 unspecified atom stereocenters. The predicted molar refractivity (Wildman–Crippen MR) is 111 cm³/mol. The third-order valence-electron chi connectivity index (χ3n) is 4.21. The van der Waals surface area contributed by atoms with Crippen LogP contribution in [0.1, 0.15) is 40.1 Å². The van der Waals surface area contributed by atoms with Gasteiger partial charge in [-0.05, 0) is 37.1 Å². The quantitative estimate of drug-likeness (QED) is 0.144. The second-order valence-electron chi connectivity index (χ2n) is 6.64. The van der Waals surface area contributed by atoms with Crippen LogP contribution in [0.4, 0.5) is 4.39 Å². The van der Waals surface area contributed by atoms with Crippen molar-refractivity contribution in [1.29, 1.82) is 5.41 Å². The number of ether oxygens (including phenoxy) is 1. The first-order valence-electron chi connectivity index (χ1n) is 9.24. The molecule has 0 spiro atoms. The minimum atomic E-state index is -1.33. The molecule has 1 atom stereocenters. The largest absolute Gasteiger partial charge is 0.481 e. The molecule has 0 saturated heterocycles. The Morgan fingerprint density at radius 1 is 1.16 bits per heavy atom. The normalized spacial score (nSPS) is 11.4. The number of thiophene rings is 1. The monoisotopic (exact) mass is 465 g/mol. The van der Waals surface area contributed by atoms with E-state index in [0.717, 1.165) is 6.07 Å². The number of nitrogens with one attached hydrogen (secondary N) is 2. The average molecular weight is 465 g/mol. The van der Waals surface area contributed by atoms with E-state index in [2.05, 4.69) is 5.32 Å². The minimum absolute atomic E-state index is 0.0764. The van der Waals surface area contributed by atoms with Crippen LogP contribution < -0.4 is 15.8 Å². The second kappa shape index (κ2) is 11.0. The number of carboxylic acid groups (broad SMARTS) is 2. The maximum atomic E-state index is 14.0. The molecular formula is C20H20FN3O7S. The van der Waals surface area contributed by atoms with Gasteiger partial charge < -0.3 is 26.0 Å². The van der Waals surface area contributed by atoms with E-state index in [1.54, 1.807) is 0 Å². The molecule has 0 aliphatic carbocycles. The van der Waals surface area contributed by atoms with Gasteiger partial charge >= 0.3 is 17.9 Å². The molecule has 1 amide bonds. The predicted octanol–water partition coefficient (Wildman–Crippen LogP) is 1.76. The number of carboxylic acids is 2. The van der Waals surface area contributed by atoms with Crippen LogP contribution in [0, 0.1) is 11.2 Å². The molecular weight excluding hydrogens is 445 g/mol. The molecule has 170 valence electrons. The standard InChI is InChI=1S/C20H20FN3O7S/c21-13-8-10(18(22)23)1-4-15(13)31-20(30)11-7-12(32-9-11)2-5-16(25)24-14(19(28)29)3-6-17(26)27/h1,4,7-9,14H,2-3,5-6H2,(H3,22,23)(H,24,25)(H,26,27)(H,28,29)/t14-/m0/s1. The number of nitrogens with two attached hydrogens (primary N) is 1. The second-order valence-corrected chi connectivity index (χ2v) is 7.64. The smallest absolute Gasteiger partial charge is 0.344 e. The number of esters is 1. The van der Waals surface area contributed by atoms with Crippen molar-refractivity contribution >= 4 is 41.0 Å². The van der Waals surface area contributed by atoms with Gasteiger partial charge in [-0.25, -0.2) is 14.0 Å². The highest BCUT2D eigenvalue weighted by molar-refractivity contribution is 7.10. The van der Waals surface area contributed by atoms with E-state index >= 15 is 0 Å². The van der Waals surface area contributed by atoms with E-state index < -0.39 is 42.1 Å². The van der Waals surface area contributed by atoms with Crippen molar-refractivity contribution in [3.63, 3.8) is 0 Å². The first-order valence-corrected chi connectivity index (χ1v) is 10.1. The maximum absolute atomic E-state index is 14.0. The zero-order valence-electron chi connectivity index (χ0n) is 16.6. The summed E-state index contributed by atoms with van der Waals surface area (Å²) in [6, 6.07) is 3.67. The summed E-state index contributed by atoms with van der Waals surface area (Å²) in [5.41, 5.74) is 5.56. The Morgan fingerprint density at radius 3 is 2.47 bits per heavy atom. The molecule has 0 aliphatic rings. The van der Waals surface area contributed by atoms with Gasteiger partial charge in [-0.3, -0.25) is 15.0 Å². The maximum Gasteiger partial charge on any atom is 0.344 e. The Labute approximate surface area is 185 Å². The number of carbonyl (C=O) groups excluding carboxylic acids is 2. The zero-order chi connectivity index (χ0) is 23.8. The fourth-order valence-electron chi connectivity index (χ4n) is 2.56. The number of hydrogen-bond donors (Lipinski definition) is 5. The minimum Gasteiger partial charge on any atom is -0.481 e. The number of aliphatic carboxylic acids is 2. The number of amides is 1. The first kappa shape index (κ1) is 24.5. The molecule has 12 heteroatoms. The summed E-state index contributed by atoms with van der Waals surface area (Å²) in [7, 11) is 0. The van der Waals surface area contributed by atoms with E-state index in [4.69, 9.17) is 26.1 Å². The van der Waals surface area contributed by atoms with Crippen molar-refractivity contribution in [2.45, 2.75) is 31.7 Å². The van der Waals surface area contributed by atoms with Crippen LogP contribution in [0.25, 0.3) is 0 Å². The Balaban J connectivity index is 1.91. The molecule has 10 nitrogen and oxygen atoms in total. The van der Waals surface area contributed by atoms with Crippen molar-refractivity contribution in [2.24, 2.45) is 5.73 Å². The summed E-state index contributed by atoms with van der Waals surface area (Å²) in [5.74, 6) is -5.39. The molecule has 1 aromatic heterocycles. The number of halogens is 1. The molecule has 0 saturated carbocycles. The molecule has 1 heterocycles. The number of hydrogen-bond acceptors (Lipinski definition) is 7. The Morgan fingerprint density at radius 2 is 1.88 bits per heavy atom. The number of rotatable bonds is 11. The third-order valence-corrected chi connectivity index (χ3v) is 5.21. The van der Waals surface area contributed by atoms with Crippen molar-refractivity contribution < 1.29 is 38.5 Å². The van der Waals surface area contributed by atoms with Crippen molar-refractivity contribution in [3.05, 3.63) is 51.5 Å². The Bertz CT molecular complexity index is 1050. The average Bonchev–Trinajstić information content (AvgIpc) is 3.19. The lowest BCUT2D eigenvalue weighted by atomic mass is 10.1. The zero-order valence-corrected chi connectivity index (χ0v) is 17.4. The molecule has 2 rings (SSSR count). The van der Waals surface area contributed by atoms with Gasteiger partial charge in [0.25, 0.3) is 0 Å². The number of nitrogen functional groups attached to an aromatic ring is 1. The van der Waals surface area contributed by atoms with Crippen molar-refractivity contribution in [2.75, 3.05) is 0 Å². The molecule has 0 fully saturated rings. The summed E-state index contributed by atoms with van der Waals surface area (Å²) in [6.07, 6.45) is -0.509. The fraction of sp³-hybridized carbons (Fsp3) is 0.250. The number of carbonyl (C=O) groups is 4. The van der Waals surface area contributed by atoms with Gasteiger partial charge in [-0.2, -0.15) is 0 Å².